The molecule has 6 heteroatoms. The summed E-state index contributed by atoms with van der Waals surface area (Å²) in [6, 6.07) is 3.99. The maximum Gasteiger partial charge on any atom is 0.253 e. The number of hydrogen-bond donors (Lipinski definition) is 0. The summed E-state index contributed by atoms with van der Waals surface area (Å²) in [6.45, 7) is 9.12. The van der Waals surface area contributed by atoms with E-state index in [-0.39, 0.29) is 5.56 Å². The van der Waals surface area contributed by atoms with Crippen LogP contribution >= 0.6 is 0 Å². The second-order valence-corrected chi connectivity index (χ2v) is 8.49. The SMILES string of the molecule is CC(C)c1cc(=O)n(CC2CCN(Cc3cc4n(n3)CCCC4)CC2)cn1. The van der Waals surface area contributed by atoms with Gasteiger partial charge in [0.2, 0.25) is 0 Å². The molecule has 0 saturated carbocycles. The number of fused-ring (bicyclic) bond motifs is 1. The lowest BCUT2D eigenvalue weighted by Gasteiger charge is -2.31. The van der Waals surface area contributed by atoms with Crippen molar-refractivity contribution in [2.45, 2.75) is 71.5 Å². The van der Waals surface area contributed by atoms with Gasteiger partial charge in [0.15, 0.2) is 0 Å². The van der Waals surface area contributed by atoms with Crippen molar-refractivity contribution in [1.82, 2.24) is 24.2 Å². The molecule has 0 bridgehead atoms. The van der Waals surface area contributed by atoms with Crippen LogP contribution in [-0.4, -0.2) is 37.3 Å². The second-order valence-electron chi connectivity index (χ2n) is 8.49. The van der Waals surface area contributed by atoms with E-state index in [0.717, 1.165) is 51.3 Å². The molecule has 1 fully saturated rings. The highest BCUT2D eigenvalue weighted by Crippen LogP contribution is 2.21. The summed E-state index contributed by atoms with van der Waals surface area (Å²) >= 11 is 0. The van der Waals surface area contributed by atoms with Gasteiger partial charge in [0.05, 0.1) is 17.7 Å². The van der Waals surface area contributed by atoms with E-state index in [2.05, 4.69) is 34.5 Å². The summed E-state index contributed by atoms with van der Waals surface area (Å²) in [5.74, 6) is 0.852. The van der Waals surface area contributed by atoms with E-state index in [0.29, 0.717) is 11.8 Å². The lowest BCUT2D eigenvalue weighted by molar-refractivity contribution is 0.164. The fraction of sp³-hybridized carbons (Fsp3) is 0.667. The summed E-state index contributed by atoms with van der Waals surface area (Å²) in [7, 11) is 0. The molecule has 0 amide bonds. The standard InChI is InChI=1S/C21H31N5O/c1-16(2)20-12-21(27)25(15-22-20)13-17-6-9-24(10-7-17)14-18-11-19-5-3-4-8-26(19)23-18/h11-12,15-17H,3-10,13-14H2,1-2H3. The van der Waals surface area contributed by atoms with Crippen molar-refractivity contribution < 1.29 is 0 Å². The Labute approximate surface area is 161 Å². The maximum atomic E-state index is 12.3. The van der Waals surface area contributed by atoms with E-state index >= 15 is 0 Å². The van der Waals surface area contributed by atoms with Crippen LogP contribution in [0.4, 0.5) is 0 Å². The molecule has 1 saturated heterocycles. The van der Waals surface area contributed by atoms with Gasteiger partial charge in [-0.25, -0.2) is 4.98 Å². The van der Waals surface area contributed by atoms with Crippen LogP contribution in [0.1, 0.15) is 62.5 Å². The second kappa shape index (κ2) is 7.97. The highest BCUT2D eigenvalue weighted by molar-refractivity contribution is 5.12. The molecule has 0 aliphatic carbocycles. The first kappa shape index (κ1) is 18.4. The minimum absolute atomic E-state index is 0.0831. The molecule has 27 heavy (non-hydrogen) atoms. The average Bonchev–Trinajstić information content (AvgIpc) is 3.07. The zero-order chi connectivity index (χ0) is 18.8. The average molecular weight is 370 g/mol. The molecule has 4 rings (SSSR count). The smallest absolute Gasteiger partial charge is 0.253 e. The van der Waals surface area contributed by atoms with Gasteiger partial charge in [-0.05, 0) is 63.1 Å². The lowest BCUT2D eigenvalue weighted by atomic mass is 9.96. The highest BCUT2D eigenvalue weighted by atomic mass is 16.1. The van der Waals surface area contributed by atoms with Crippen molar-refractivity contribution >= 4 is 0 Å². The molecule has 0 atom stereocenters. The molecule has 0 unspecified atom stereocenters. The third-order valence-electron chi connectivity index (χ3n) is 6.01. The molecule has 2 aliphatic rings. The van der Waals surface area contributed by atoms with Crippen LogP contribution in [-0.2, 0) is 26.1 Å². The summed E-state index contributed by atoms with van der Waals surface area (Å²) in [6.07, 6.45) is 7.72. The van der Waals surface area contributed by atoms with Gasteiger partial charge >= 0.3 is 0 Å². The van der Waals surface area contributed by atoms with E-state index in [1.54, 1.807) is 17.0 Å². The molecule has 146 valence electrons. The summed E-state index contributed by atoms with van der Waals surface area (Å²) < 4.78 is 3.99. The van der Waals surface area contributed by atoms with Crippen molar-refractivity contribution in [3.8, 4) is 0 Å². The van der Waals surface area contributed by atoms with Crippen molar-refractivity contribution in [3.05, 3.63) is 45.9 Å². The van der Waals surface area contributed by atoms with Crippen LogP contribution < -0.4 is 5.56 Å². The van der Waals surface area contributed by atoms with E-state index in [1.807, 2.05) is 0 Å². The number of likely N-dealkylation sites (tertiary alicyclic amines) is 1. The van der Waals surface area contributed by atoms with Crippen LogP contribution in [0.5, 0.6) is 0 Å². The third-order valence-corrected chi connectivity index (χ3v) is 6.01. The van der Waals surface area contributed by atoms with Crippen LogP contribution in [0, 0.1) is 5.92 Å². The van der Waals surface area contributed by atoms with E-state index in [4.69, 9.17) is 5.10 Å². The quantitative estimate of drug-likeness (QED) is 0.813. The largest absolute Gasteiger partial charge is 0.299 e. The van der Waals surface area contributed by atoms with Crippen molar-refractivity contribution in [3.63, 3.8) is 0 Å². The van der Waals surface area contributed by atoms with Crippen LogP contribution in [0.3, 0.4) is 0 Å². The van der Waals surface area contributed by atoms with Gasteiger partial charge in [-0.2, -0.15) is 5.10 Å². The van der Waals surface area contributed by atoms with Crippen molar-refractivity contribution in [1.29, 1.82) is 0 Å². The predicted molar refractivity (Wildman–Crippen MR) is 106 cm³/mol. The van der Waals surface area contributed by atoms with Crippen LogP contribution in [0.25, 0.3) is 0 Å². The van der Waals surface area contributed by atoms with Crippen molar-refractivity contribution in [2.75, 3.05) is 13.1 Å². The third kappa shape index (κ3) is 4.32. The first-order chi connectivity index (χ1) is 13.1. The molecule has 4 heterocycles. The van der Waals surface area contributed by atoms with Crippen molar-refractivity contribution in [2.24, 2.45) is 5.92 Å². The number of aryl methyl sites for hydroxylation is 2. The molecule has 2 aromatic heterocycles. The Morgan fingerprint density at radius 3 is 2.67 bits per heavy atom. The minimum atomic E-state index is 0.0831. The molecular weight excluding hydrogens is 338 g/mol. The number of nitrogens with zero attached hydrogens (tertiary/aromatic N) is 5. The fourth-order valence-electron chi connectivity index (χ4n) is 4.28. The monoisotopic (exact) mass is 369 g/mol. The van der Waals surface area contributed by atoms with Gasteiger partial charge in [0, 0.05) is 31.4 Å². The molecule has 2 aliphatic heterocycles. The Balaban J connectivity index is 1.30. The first-order valence-corrected chi connectivity index (χ1v) is 10.4. The number of piperidine rings is 1. The summed E-state index contributed by atoms with van der Waals surface area (Å²) in [5, 5.41) is 4.79. The zero-order valence-electron chi connectivity index (χ0n) is 16.6. The molecule has 0 N–H and O–H groups in total. The van der Waals surface area contributed by atoms with Gasteiger partial charge < -0.3 is 0 Å². The molecule has 0 spiro atoms. The topological polar surface area (TPSA) is 56.0 Å². The Kier molecular flexibility index (Phi) is 5.43. The predicted octanol–water partition coefficient (Wildman–Crippen LogP) is 2.81. The molecule has 2 aromatic rings. The Morgan fingerprint density at radius 2 is 1.96 bits per heavy atom. The zero-order valence-corrected chi connectivity index (χ0v) is 16.6. The minimum Gasteiger partial charge on any atom is -0.299 e. The van der Waals surface area contributed by atoms with E-state index < -0.39 is 0 Å². The fourth-order valence-corrected chi connectivity index (χ4v) is 4.28. The van der Waals surface area contributed by atoms with Gasteiger partial charge in [0.1, 0.15) is 0 Å². The van der Waals surface area contributed by atoms with Crippen LogP contribution in [0.15, 0.2) is 23.3 Å². The molecule has 0 radical (unpaired) electrons. The summed E-state index contributed by atoms with van der Waals surface area (Å²) in [5.41, 5.74) is 3.59. The maximum absolute atomic E-state index is 12.3. The van der Waals surface area contributed by atoms with Crippen LogP contribution in [0.2, 0.25) is 0 Å². The normalized spacial score (nSPS) is 18.8. The van der Waals surface area contributed by atoms with Gasteiger partial charge in [0.25, 0.3) is 5.56 Å². The lowest BCUT2D eigenvalue weighted by Crippen LogP contribution is -2.36. The highest BCUT2D eigenvalue weighted by Gasteiger charge is 2.21. The molecule has 0 aromatic carbocycles. The van der Waals surface area contributed by atoms with Gasteiger partial charge in [-0.3, -0.25) is 18.9 Å². The van der Waals surface area contributed by atoms with E-state index in [1.165, 1.54) is 30.7 Å². The Hall–Kier alpha value is -1.95. The number of rotatable bonds is 5. The molecule has 6 nitrogen and oxygen atoms in total. The number of aromatic nitrogens is 4. The van der Waals surface area contributed by atoms with Gasteiger partial charge in [-0.1, -0.05) is 13.8 Å². The van der Waals surface area contributed by atoms with Gasteiger partial charge in [-0.15, -0.1) is 0 Å². The first-order valence-electron chi connectivity index (χ1n) is 10.4. The molecular formula is C21H31N5O. The summed E-state index contributed by atoms with van der Waals surface area (Å²) in [4.78, 5) is 19.3. The Morgan fingerprint density at radius 1 is 1.15 bits per heavy atom. The van der Waals surface area contributed by atoms with E-state index in [9.17, 15) is 4.79 Å². The Bertz CT molecular complexity index is 806. The number of hydrogen-bond acceptors (Lipinski definition) is 4.